The van der Waals surface area contributed by atoms with Crippen molar-refractivity contribution in [3.05, 3.63) is 47.9 Å². The van der Waals surface area contributed by atoms with Gasteiger partial charge in [-0.25, -0.2) is 0 Å². The van der Waals surface area contributed by atoms with Gasteiger partial charge in [-0.2, -0.15) is 0 Å². The van der Waals surface area contributed by atoms with Crippen molar-refractivity contribution in [2.45, 2.75) is 26.4 Å². The summed E-state index contributed by atoms with van der Waals surface area (Å²) in [6.45, 7) is 7.85. The molecule has 0 amide bonds. The van der Waals surface area contributed by atoms with Crippen LogP contribution in [0.3, 0.4) is 0 Å². The highest BCUT2D eigenvalue weighted by Gasteiger charge is 2.20. The number of methoxy groups -OCH3 is 2. The number of nitrogens with one attached hydrogen (secondary N) is 1. The molecule has 0 saturated heterocycles. The predicted molar refractivity (Wildman–Crippen MR) is 95.6 cm³/mol. The zero-order valence-electron chi connectivity index (χ0n) is 15.0. The molecule has 1 heterocycles. The number of ether oxygens (including phenoxy) is 2. The average molecular weight is 332 g/mol. The van der Waals surface area contributed by atoms with Crippen LogP contribution in [0.5, 0.6) is 11.5 Å². The van der Waals surface area contributed by atoms with Gasteiger partial charge in [0.1, 0.15) is 17.3 Å². The number of benzene rings is 1. The molecule has 2 rings (SSSR count). The highest BCUT2D eigenvalue weighted by Crippen LogP contribution is 2.25. The summed E-state index contributed by atoms with van der Waals surface area (Å²) < 4.78 is 16.3. The van der Waals surface area contributed by atoms with Crippen LogP contribution in [0.25, 0.3) is 0 Å². The van der Waals surface area contributed by atoms with Crippen molar-refractivity contribution in [3.8, 4) is 11.5 Å². The van der Waals surface area contributed by atoms with Crippen LogP contribution in [0, 0.1) is 0 Å². The molecule has 0 aliphatic rings. The van der Waals surface area contributed by atoms with Gasteiger partial charge in [-0.1, -0.05) is 19.9 Å². The van der Waals surface area contributed by atoms with Crippen molar-refractivity contribution < 1.29 is 13.9 Å². The van der Waals surface area contributed by atoms with Crippen LogP contribution in [0.2, 0.25) is 0 Å². The largest absolute Gasteiger partial charge is 0.497 e. The van der Waals surface area contributed by atoms with Gasteiger partial charge in [-0.15, -0.1) is 0 Å². The van der Waals surface area contributed by atoms with E-state index in [0.717, 1.165) is 49.0 Å². The van der Waals surface area contributed by atoms with E-state index in [1.54, 1.807) is 20.5 Å². The number of hydrogen-bond acceptors (Lipinski definition) is 5. The van der Waals surface area contributed by atoms with E-state index in [1.807, 2.05) is 30.3 Å². The van der Waals surface area contributed by atoms with Crippen molar-refractivity contribution in [3.63, 3.8) is 0 Å². The maximum atomic E-state index is 5.64. The molecular formula is C19H28N2O3. The van der Waals surface area contributed by atoms with Crippen LogP contribution in [0.4, 0.5) is 0 Å². The van der Waals surface area contributed by atoms with Crippen LogP contribution in [0.15, 0.2) is 41.0 Å². The number of furan rings is 1. The van der Waals surface area contributed by atoms with Crippen LogP contribution in [-0.2, 0) is 6.54 Å². The first-order valence-electron chi connectivity index (χ1n) is 8.42. The standard InChI is InChI=1S/C19H28N2O3/c1-5-21(6-2)17(18-8-7-11-24-18)14-20-13-15-9-10-16(22-3)12-19(15)23-4/h7-12,17,20H,5-6,13-14H2,1-4H3. The molecule has 132 valence electrons. The molecule has 2 aromatic rings. The summed E-state index contributed by atoms with van der Waals surface area (Å²) >= 11 is 0. The SMILES string of the molecule is CCN(CC)C(CNCc1ccc(OC)cc1OC)c1ccco1. The molecule has 1 aromatic carbocycles. The molecule has 0 saturated carbocycles. The molecule has 1 aromatic heterocycles. The van der Waals surface area contributed by atoms with Crippen molar-refractivity contribution in [2.24, 2.45) is 0 Å². The van der Waals surface area contributed by atoms with E-state index in [2.05, 4.69) is 24.1 Å². The van der Waals surface area contributed by atoms with Gasteiger partial charge in [-0.05, 0) is 31.3 Å². The van der Waals surface area contributed by atoms with Crippen LogP contribution in [-0.4, -0.2) is 38.8 Å². The minimum absolute atomic E-state index is 0.222. The topological polar surface area (TPSA) is 46.9 Å². The van der Waals surface area contributed by atoms with Crippen molar-refractivity contribution in [1.82, 2.24) is 10.2 Å². The quantitative estimate of drug-likeness (QED) is 0.722. The third-order valence-corrected chi connectivity index (χ3v) is 4.27. The van der Waals surface area contributed by atoms with Crippen LogP contribution < -0.4 is 14.8 Å². The van der Waals surface area contributed by atoms with Crippen LogP contribution in [0.1, 0.15) is 31.2 Å². The van der Waals surface area contributed by atoms with Gasteiger partial charge >= 0.3 is 0 Å². The molecule has 0 spiro atoms. The molecule has 5 heteroatoms. The summed E-state index contributed by atoms with van der Waals surface area (Å²) in [5.41, 5.74) is 1.11. The fourth-order valence-corrected chi connectivity index (χ4v) is 2.90. The highest BCUT2D eigenvalue weighted by molar-refractivity contribution is 5.40. The van der Waals surface area contributed by atoms with E-state index in [4.69, 9.17) is 13.9 Å². The van der Waals surface area contributed by atoms with Gasteiger partial charge in [0.05, 0.1) is 26.5 Å². The lowest BCUT2D eigenvalue weighted by atomic mass is 10.1. The maximum absolute atomic E-state index is 5.64. The molecule has 1 N–H and O–H groups in total. The number of likely N-dealkylation sites (N-methyl/N-ethyl adjacent to an activating group) is 1. The van der Waals surface area contributed by atoms with Crippen LogP contribution >= 0.6 is 0 Å². The predicted octanol–water partition coefficient (Wildman–Crippen LogP) is 3.47. The van der Waals surface area contributed by atoms with Crippen molar-refractivity contribution >= 4 is 0 Å². The Bertz CT molecular complexity index is 595. The molecule has 0 fully saturated rings. The van der Waals surface area contributed by atoms with E-state index >= 15 is 0 Å². The Labute approximate surface area is 144 Å². The van der Waals surface area contributed by atoms with Gasteiger partial charge in [0.25, 0.3) is 0 Å². The molecular weight excluding hydrogens is 304 g/mol. The number of hydrogen-bond donors (Lipinski definition) is 1. The normalized spacial score (nSPS) is 12.4. The van der Waals surface area contributed by atoms with E-state index in [0.29, 0.717) is 0 Å². The Kier molecular flexibility index (Phi) is 7.15. The second kappa shape index (κ2) is 9.35. The highest BCUT2D eigenvalue weighted by atomic mass is 16.5. The minimum Gasteiger partial charge on any atom is -0.497 e. The summed E-state index contributed by atoms with van der Waals surface area (Å²) in [4.78, 5) is 2.39. The lowest BCUT2D eigenvalue weighted by molar-refractivity contribution is 0.188. The summed E-state index contributed by atoms with van der Waals surface area (Å²) in [6.07, 6.45) is 1.73. The summed E-state index contributed by atoms with van der Waals surface area (Å²) in [5.74, 6) is 2.62. The maximum Gasteiger partial charge on any atom is 0.127 e. The summed E-state index contributed by atoms with van der Waals surface area (Å²) in [7, 11) is 3.34. The molecule has 0 radical (unpaired) electrons. The Hall–Kier alpha value is -1.98. The van der Waals surface area contributed by atoms with E-state index in [1.165, 1.54) is 0 Å². The molecule has 0 aliphatic carbocycles. The Morgan fingerprint density at radius 3 is 2.50 bits per heavy atom. The Morgan fingerprint density at radius 1 is 1.12 bits per heavy atom. The van der Waals surface area contributed by atoms with Gasteiger partial charge in [-0.3, -0.25) is 4.90 Å². The fourth-order valence-electron chi connectivity index (χ4n) is 2.90. The molecule has 0 aliphatic heterocycles. The second-order valence-corrected chi connectivity index (χ2v) is 5.56. The molecule has 1 unspecified atom stereocenters. The summed E-state index contributed by atoms with van der Waals surface area (Å²) in [5, 5.41) is 3.53. The van der Waals surface area contributed by atoms with Crippen molar-refractivity contribution in [1.29, 1.82) is 0 Å². The average Bonchev–Trinajstić information content (AvgIpc) is 3.15. The first-order chi connectivity index (χ1) is 11.7. The van der Waals surface area contributed by atoms with Gasteiger partial charge in [0.2, 0.25) is 0 Å². The third kappa shape index (κ3) is 4.52. The smallest absolute Gasteiger partial charge is 0.127 e. The third-order valence-electron chi connectivity index (χ3n) is 4.27. The van der Waals surface area contributed by atoms with Gasteiger partial charge < -0.3 is 19.2 Å². The molecule has 5 nitrogen and oxygen atoms in total. The van der Waals surface area contributed by atoms with E-state index in [-0.39, 0.29) is 6.04 Å². The Morgan fingerprint density at radius 2 is 1.92 bits per heavy atom. The molecule has 24 heavy (non-hydrogen) atoms. The van der Waals surface area contributed by atoms with Gasteiger partial charge in [0.15, 0.2) is 0 Å². The molecule has 1 atom stereocenters. The fraction of sp³-hybridized carbons (Fsp3) is 0.474. The molecule has 0 bridgehead atoms. The Balaban J connectivity index is 2.02. The first kappa shape index (κ1) is 18.4. The van der Waals surface area contributed by atoms with E-state index < -0.39 is 0 Å². The number of nitrogens with zero attached hydrogens (tertiary/aromatic N) is 1. The summed E-state index contributed by atoms with van der Waals surface area (Å²) in [6, 6.07) is 10.1. The monoisotopic (exact) mass is 332 g/mol. The zero-order chi connectivity index (χ0) is 17.4. The van der Waals surface area contributed by atoms with E-state index in [9.17, 15) is 0 Å². The lowest BCUT2D eigenvalue weighted by Crippen LogP contribution is -2.35. The number of rotatable bonds is 10. The zero-order valence-corrected chi connectivity index (χ0v) is 15.0. The lowest BCUT2D eigenvalue weighted by Gasteiger charge is -2.28. The first-order valence-corrected chi connectivity index (χ1v) is 8.42. The van der Waals surface area contributed by atoms with Crippen molar-refractivity contribution in [2.75, 3.05) is 33.9 Å². The minimum atomic E-state index is 0.222. The second-order valence-electron chi connectivity index (χ2n) is 5.56. The van der Waals surface area contributed by atoms with Gasteiger partial charge in [0, 0.05) is 24.7 Å².